The van der Waals surface area contributed by atoms with Crippen LogP contribution in [0.5, 0.6) is 0 Å². The zero-order chi connectivity index (χ0) is 31.7. The van der Waals surface area contributed by atoms with E-state index >= 15 is 0 Å². The topological polar surface area (TPSA) is 0 Å². The van der Waals surface area contributed by atoms with Gasteiger partial charge in [0.15, 0.2) is 0 Å². The minimum Gasteiger partial charge on any atom is -0.0651 e. The third-order valence-corrected chi connectivity index (χ3v) is 19.2. The Balaban J connectivity index is 1.26. The molecule has 0 heterocycles. The maximum absolute atomic E-state index is 2.72. The van der Waals surface area contributed by atoms with Crippen molar-refractivity contribution >= 4 is 0 Å². The van der Waals surface area contributed by atoms with Crippen LogP contribution in [0.1, 0.15) is 176 Å². The molecule has 0 heteroatoms. The smallest absolute Gasteiger partial charge is 0.0227 e. The first-order valence-electron chi connectivity index (χ1n) is 22.4. The fraction of sp³-hybridized carbons (Fsp3) is 1.00. The molecule has 1 spiro atoms. The van der Waals surface area contributed by atoms with E-state index in [-0.39, 0.29) is 0 Å². The second kappa shape index (κ2) is 13.3. The van der Waals surface area contributed by atoms with Gasteiger partial charge >= 0.3 is 0 Å². The number of hydrogen-bond donors (Lipinski definition) is 0. The third-order valence-electron chi connectivity index (χ3n) is 19.2. The molecule has 262 valence electrons. The Hall–Kier alpha value is 0. The monoisotopic (exact) mass is 631 g/mol. The van der Waals surface area contributed by atoms with Crippen molar-refractivity contribution in [3.8, 4) is 0 Å². The maximum Gasteiger partial charge on any atom is -0.0227 e. The van der Waals surface area contributed by atoms with E-state index in [0.717, 1.165) is 107 Å². The maximum atomic E-state index is 2.72. The summed E-state index contributed by atoms with van der Waals surface area (Å²) >= 11 is 0. The molecule has 8 saturated carbocycles. The fourth-order valence-electron chi connectivity index (χ4n) is 17.8. The molecule has 0 radical (unpaired) electrons. The zero-order valence-electron chi connectivity index (χ0n) is 31.7. The van der Waals surface area contributed by atoms with Crippen molar-refractivity contribution in [1.82, 2.24) is 0 Å². The first-order chi connectivity index (χ1) is 22.4. The molecule has 0 bridgehead atoms. The summed E-state index contributed by atoms with van der Waals surface area (Å²) in [6, 6.07) is 0. The van der Waals surface area contributed by atoms with Gasteiger partial charge in [-0.2, -0.15) is 0 Å². The van der Waals surface area contributed by atoms with Crippen molar-refractivity contribution in [3.63, 3.8) is 0 Å². The Kier molecular flexibility index (Phi) is 9.57. The Labute approximate surface area is 287 Å². The summed E-state index contributed by atoms with van der Waals surface area (Å²) in [6.45, 7) is 15.7. The number of fused-ring (bicyclic) bond motifs is 12. The second-order valence-electron chi connectivity index (χ2n) is 20.5. The van der Waals surface area contributed by atoms with Crippen molar-refractivity contribution in [3.05, 3.63) is 0 Å². The first kappa shape index (κ1) is 33.2. The van der Waals surface area contributed by atoms with Crippen molar-refractivity contribution < 1.29 is 0 Å². The predicted molar refractivity (Wildman–Crippen MR) is 196 cm³/mol. The average molecular weight is 631 g/mol. The highest BCUT2D eigenvalue weighted by atomic mass is 14.8. The Morgan fingerprint density at radius 1 is 0.500 bits per heavy atom. The van der Waals surface area contributed by atoms with E-state index in [4.69, 9.17) is 0 Å². The van der Waals surface area contributed by atoms with Crippen LogP contribution >= 0.6 is 0 Å². The third kappa shape index (κ3) is 5.21. The Bertz CT molecular complexity index is 995. The van der Waals surface area contributed by atoms with E-state index in [1.165, 1.54) is 25.7 Å². The number of rotatable bonds is 7. The van der Waals surface area contributed by atoms with Gasteiger partial charge in [0.25, 0.3) is 0 Å². The lowest BCUT2D eigenvalue weighted by atomic mass is 9.47. The molecule has 8 fully saturated rings. The Morgan fingerprint density at radius 3 is 1.72 bits per heavy atom. The van der Waals surface area contributed by atoms with Gasteiger partial charge < -0.3 is 0 Å². The fourth-order valence-corrected chi connectivity index (χ4v) is 17.8. The summed E-state index contributed by atoms with van der Waals surface area (Å²) in [5.41, 5.74) is 0.676. The highest BCUT2D eigenvalue weighted by Gasteiger charge is 2.71. The molecule has 0 N–H and O–H groups in total. The van der Waals surface area contributed by atoms with Crippen LogP contribution in [0.15, 0.2) is 0 Å². The molecule has 46 heavy (non-hydrogen) atoms. The average Bonchev–Trinajstić information content (AvgIpc) is 3.57. The van der Waals surface area contributed by atoms with Gasteiger partial charge in [0.2, 0.25) is 0 Å². The molecule has 0 aliphatic heterocycles. The molecular formula is C46H78. The second-order valence-corrected chi connectivity index (χ2v) is 20.5. The zero-order valence-corrected chi connectivity index (χ0v) is 31.7. The molecule has 15 atom stereocenters. The van der Waals surface area contributed by atoms with Gasteiger partial charge in [-0.25, -0.2) is 0 Å². The van der Waals surface area contributed by atoms with E-state index in [2.05, 4.69) is 41.5 Å². The molecule has 8 aliphatic rings. The quantitative estimate of drug-likeness (QED) is 0.262. The van der Waals surface area contributed by atoms with E-state index in [1.807, 2.05) is 0 Å². The highest BCUT2D eigenvalue weighted by molar-refractivity contribution is 5.19. The highest BCUT2D eigenvalue weighted by Crippen LogP contribution is 2.77. The standard InChI is InChI=1S/C46H78/c1-7-29(8-2)36-22-37(30(9-3)10-4)27-46(26-36)41-25-33-17-12-11-16-32(33)23-40(41)44-43-35(24-39(28(5)6)45(44)46)21-34-20-19-31-15-13-14-18-38(31)42(34)43/h28-45H,7-27H2,1-6H3. The summed E-state index contributed by atoms with van der Waals surface area (Å²) in [6.07, 6.45) is 33.2. The minimum absolute atomic E-state index is 0.676. The van der Waals surface area contributed by atoms with Crippen LogP contribution < -0.4 is 0 Å². The van der Waals surface area contributed by atoms with Gasteiger partial charge in [0, 0.05) is 0 Å². The lowest BCUT2D eigenvalue weighted by Gasteiger charge is -2.58. The van der Waals surface area contributed by atoms with Gasteiger partial charge in [-0.3, -0.25) is 0 Å². The lowest BCUT2D eigenvalue weighted by molar-refractivity contribution is -0.0962. The predicted octanol–water partition coefficient (Wildman–Crippen LogP) is 13.5. The van der Waals surface area contributed by atoms with Crippen LogP contribution in [0.2, 0.25) is 0 Å². The largest absolute Gasteiger partial charge is 0.0651 e. The first-order valence-corrected chi connectivity index (χ1v) is 22.4. The van der Waals surface area contributed by atoms with Crippen LogP contribution in [0.4, 0.5) is 0 Å². The van der Waals surface area contributed by atoms with Gasteiger partial charge in [-0.05, 0) is 176 Å². The van der Waals surface area contributed by atoms with Crippen molar-refractivity contribution in [2.45, 2.75) is 176 Å². The molecule has 0 amide bonds. The normalized spacial score (nSPS) is 51.5. The van der Waals surface area contributed by atoms with Gasteiger partial charge in [-0.15, -0.1) is 0 Å². The van der Waals surface area contributed by atoms with Crippen molar-refractivity contribution in [1.29, 1.82) is 0 Å². The van der Waals surface area contributed by atoms with E-state index in [9.17, 15) is 0 Å². The lowest BCUT2D eigenvalue weighted by Crippen LogP contribution is -2.51. The molecule has 15 unspecified atom stereocenters. The summed E-state index contributed by atoms with van der Waals surface area (Å²) in [7, 11) is 0. The minimum atomic E-state index is 0.676. The summed E-state index contributed by atoms with van der Waals surface area (Å²) < 4.78 is 0. The summed E-state index contributed by atoms with van der Waals surface area (Å²) in [5.74, 6) is 19.1. The molecule has 0 aromatic carbocycles. The van der Waals surface area contributed by atoms with Crippen molar-refractivity contribution in [2.75, 3.05) is 0 Å². The molecule has 8 aliphatic carbocycles. The van der Waals surface area contributed by atoms with Gasteiger partial charge in [0.1, 0.15) is 0 Å². The van der Waals surface area contributed by atoms with E-state index in [0.29, 0.717) is 5.41 Å². The van der Waals surface area contributed by atoms with E-state index < -0.39 is 0 Å². The van der Waals surface area contributed by atoms with Crippen molar-refractivity contribution in [2.24, 2.45) is 112 Å². The van der Waals surface area contributed by atoms with Gasteiger partial charge in [0.05, 0.1) is 0 Å². The van der Waals surface area contributed by atoms with E-state index in [1.54, 1.807) is 109 Å². The van der Waals surface area contributed by atoms with Crippen LogP contribution in [-0.2, 0) is 0 Å². The molecule has 0 aromatic rings. The molecule has 0 aromatic heterocycles. The van der Waals surface area contributed by atoms with Crippen LogP contribution in [0.25, 0.3) is 0 Å². The number of hydrogen-bond acceptors (Lipinski definition) is 0. The van der Waals surface area contributed by atoms with Crippen LogP contribution in [0.3, 0.4) is 0 Å². The summed E-state index contributed by atoms with van der Waals surface area (Å²) in [4.78, 5) is 0. The summed E-state index contributed by atoms with van der Waals surface area (Å²) in [5, 5.41) is 0. The van der Waals surface area contributed by atoms with Crippen LogP contribution in [-0.4, -0.2) is 0 Å². The SMILES string of the molecule is CCC(CC)C1CC(C(CC)CC)CC2(C1)C1CC3CCCCC3CC1C1C3C(CC4CCC5CCCCC5C43)CC(C(C)C)C12. The Morgan fingerprint density at radius 2 is 1.09 bits per heavy atom. The van der Waals surface area contributed by atoms with Gasteiger partial charge in [-0.1, -0.05) is 112 Å². The molecule has 0 nitrogen and oxygen atoms in total. The molecular weight excluding hydrogens is 553 g/mol. The molecule has 0 saturated heterocycles. The molecule has 8 rings (SSSR count). The van der Waals surface area contributed by atoms with Crippen LogP contribution in [0, 0.1) is 112 Å².